The number of nitrogens with zero attached hydrogens (tertiary/aromatic N) is 5. The van der Waals surface area contributed by atoms with Crippen LogP contribution >= 0.6 is 11.6 Å². The van der Waals surface area contributed by atoms with Gasteiger partial charge in [-0.3, -0.25) is 0 Å². The summed E-state index contributed by atoms with van der Waals surface area (Å²) in [7, 11) is -3.20. The van der Waals surface area contributed by atoms with Crippen LogP contribution < -0.4 is 20.3 Å². The predicted molar refractivity (Wildman–Crippen MR) is 185 cm³/mol. The minimum absolute atomic E-state index is 0.403. The number of ether oxygens (including phenoxy) is 1. The summed E-state index contributed by atoms with van der Waals surface area (Å²) in [4.78, 5) is 33.5. The maximum Gasteiger partial charge on any atom is 0.490 e. The van der Waals surface area contributed by atoms with E-state index in [9.17, 15) is 34.8 Å². The molecule has 22 heteroatoms. The SMILES string of the molecule is CS(=O)(=O)N1CCN(c2cc(-c3cc4cc(c3)Nc3ncc(Cl)c(n3)Nc3cccc(c3)OCC4)ccn2)CC1.O=C(O)C(F)(F)F.O=C(O)C(F)(F)F. The second-order valence-corrected chi connectivity index (χ2v) is 13.7. The normalized spacial score (nSPS) is 14.6. The highest BCUT2D eigenvalue weighted by Gasteiger charge is 2.39. The number of piperazine rings is 1. The van der Waals surface area contributed by atoms with E-state index in [1.54, 1.807) is 12.4 Å². The molecule has 1 saturated heterocycles. The molecule has 6 bridgehead atoms. The van der Waals surface area contributed by atoms with Gasteiger partial charge in [0.1, 0.15) is 16.6 Å². The minimum Gasteiger partial charge on any atom is -0.493 e. The van der Waals surface area contributed by atoms with Crippen molar-refractivity contribution in [2.75, 3.05) is 54.6 Å². The number of carbonyl (C=O) groups is 2. The van der Waals surface area contributed by atoms with E-state index in [2.05, 4.69) is 42.6 Å². The van der Waals surface area contributed by atoms with Crippen LogP contribution in [0.25, 0.3) is 11.1 Å². The fourth-order valence-electron chi connectivity index (χ4n) is 4.83. The molecule has 4 aromatic rings. The van der Waals surface area contributed by atoms with Crippen molar-refractivity contribution in [2.24, 2.45) is 0 Å². The molecule has 0 saturated carbocycles. The van der Waals surface area contributed by atoms with Gasteiger partial charge in [-0.15, -0.1) is 0 Å². The number of aliphatic carboxylic acids is 2. The number of pyridine rings is 1. The van der Waals surface area contributed by atoms with Crippen molar-refractivity contribution in [3.8, 4) is 16.9 Å². The Balaban J connectivity index is 0.000000396. The lowest BCUT2D eigenvalue weighted by Crippen LogP contribution is -2.48. The molecular weight excluding hydrogens is 776 g/mol. The van der Waals surface area contributed by atoms with E-state index < -0.39 is 34.3 Å². The first-order valence-corrected chi connectivity index (χ1v) is 17.6. The average Bonchev–Trinajstić information content (AvgIpc) is 3.09. The Labute approximate surface area is 308 Å². The molecule has 14 nitrogen and oxygen atoms in total. The van der Waals surface area contributed by atoms with E-state index in [0.717, 1.165) is 39.6 Å². The number of anilines is 5. The molecule has 0 aliphatic carbocycles. The maximum absolute atomic E-state index is 11.9. The molecular formula is C32H30ClF6N7O7S. The van der Waals surface area contributed by atoms with E-state index in [1.165, 1.54) is 10.6 Å². The maximum atomic E-state index is 11.9. The lowest BCUT2D eigenvalue weighted by molar-refractivity contribution is -0.193. The second kappa shape index (κ2) is 17.2. The summed E-state index contributed by atoms with van der Waals surface area (Å²) in [6.07, 6.45) is -4.87. The number of halogens is 7. The first kappa shape index (κ1) is 41.3. The number of rotatable bonds is 3. The van der Waals surface area contributed by atoms with Crippen molar-refractivity contribution >= 4 is 62.5 Å². The summed E-state index contributed by atoms with van der Waals surface area (Å²) in [5, 5.41) is 21.2. The number of aromatic nitrogens is 3. The number of nitrogens with one attached hydrogen (secondary N) is 2. The predicted octanol–water partition coefficient (Wildman–Crippen LogP) is 5.96. The van der Waals surface area contributed by atoms with E-state index in [1.807, 2.05) is 42.5 Å². The fourth-order valence-corrected chi connectivity index (χ4v) is 5.79. The number of alkyl halides is 6. The molecule has 0 unspecified atom stereocenters. The van der Waals surface area contributed by atoms with Crippen LogP contribution in [0, 0.1) is 0 Å². The third kappa shape index (κ3) is 12.1. The second-order valence-electron chi connectivity index (χ2n) is 11.3. The number of hydrogen-bond donors (Lipinski definition) is 4. The van der Waals surface area contributed by atoms with Gasteiger partial charge in [0.05, 0.1) is 19.1 Å². The molecule has 290 valence electrons. The van der Waals surface area contributed by atoms with Crippen LogP contribution in [0.2, 0.25) is 5.02 Å². The Hall–Kier alpha value is -5.41. The summed E-state index contributed by atoms with van der Waals surface area (Å²) in [5.74, 6) is -3.05. The Morgan fingerprint density at radius 3 is 2.11 bits per heavy atom. The first-order valence-electron chi connectivity index (χ1n) is 15.4. The van der Waals surface area contributed by atoms with Gasteiger partial charge in [0.2, 0.25) is 16.0 Å². The van der Waals surface area contributed by atoms with Gasteiger partial charge in [-0.1, -0.05) is 23.7 Å². The van der Waals surface area contributed by atoms with Gasteiger partial charge in [0.15, 0.2) is 5.82 Å². The van der Waals surface area contributed by atoms with E-state index in [0.29, 0.717) is 56.0 Å². The first-order chi connectivity index (χ1) is 25.2. The Morgan fingerprint density at radius 1 is 0.852 bits per heavy atom. The summed E-state index contributed by atoms with van der Waals surface area (Å²) in [6, 6.07) is 17.9. The lowest BCUT2D eigenvalue weighted by atomic mass is 10.0. The van der Waals surface area contributed by atoms with Crippen LogP contribution in [0.3, 0.4) is 0 Å². The van der Waals surface area contributed by atoms with Gasteiger partial charge in [-0.2, -0.15) is 35.6 Å². The molecule has 0 radical (unpaired) electrons. The van der Waals surface area contributed by atoms with Crippen LogP contribution in [-0.4, -0.2) is 101 Å². The van der Waals surface area contributed by atoms with Crippen LogP contribution in [-0.2, 0) is 26.0 Å². The molecule has 6 rings (SSSR count). The monoisotopic (exact) mass is 805 g/mol. The zero-order valence-electron chi connectivity index (χ0n) is 27.8. The molecule has 0 spiro atoms. The highest BCUT2D eigenvalue weighted by Crippen LogP contribution is 2.31. The van der Waals surface area contributed by atoms with Crippen molar-refractivity contribution < 1.29 is 59.3 Å². The van der Waals surface area contributed by atoms with Crippen molar-refractivity contribution in [3.05, 3.63) is 77.6 Å². The number of sulfonamides is 1. The highest BCUT2D eigenvalue weighted by atomic mass is 35.5. The molecule has 2 aromatic heterocycles. The number of fused-ring (bicyclic) bond motifs is 6. The molecule has 0 amide bonds. The summed E-state index contributed by atoms with van der Waals surface area (Å²) >= 11 is 6.38. The smallest absolute Gasteiger partial charge is 0.490 e. The third-order valence-corrected chi connectivity index (χ3v) is 8.92. The lowest BCUT2D eigenvalue weighted by Gasteiger charge is -2.34. The number of carboxylic acids is 2. The molecule has 4 heterocycles. The van der Waals surface area contributed by atoms with E-state index in [-0.39, 0.29) is 0 Å². The van der Waals surface area contributed by atoms with Crippen LogP contribution in [0.15, 0.2) is 67.0 Å². The van der Waals surface area contributed by atoms with Crippen LogP contribution in [0.4, 0.5) is 55.3 Å². The summed E-state index contributed by atoms with van der Waals surface area (Å²) < 4.78 is 94.9. The highest BCUT2D eigenvalue weighted by molar-refractivity contribution is 7.88. The Morgan fingerprint density at radius 2 is 1.50 bits per heavy atom. The van der Waals surface area contributed by atoms with Crippen molar-refractivity contribution in [1.82, 2.24) is 19.3 Å². The van der Waals surface area contributed by atoms with Gasteiger partial charge in [-0.25, -0.2) is 28.0 Å². The average molecular weight is 806 g/mol. The molecule has 4 N–H and O–H groups in total. The number of carboxylic acid groups (broad SMARTS) is 2. The summed E-state index contributed by atoms with van der Waals surface area (Å²) in [5.41, 5.74) is 4.72. The van der Waals surface area contributed by atoms with Gasteiger partial charge in [0, 0.05) is 56.2 Å². The zero-order valence-corrected chi connectivity index (χ0v) is 29.4. The van der Waals surface area contributed by atoms with Gasteiger partial charge in [-0.05, 0) is 53.1 Å². The van der Waals surface area contributed by atoms with Crippen molar-refractivity contribution in [3.63, 3.8) is 0 Å². The fraction of sp³-hybridized carbons (Fsp3) is 0.281. The topological polar surface area (TPSA) is 187 Å². The Bertz CT molecular complexity index is 2060. The minimum atomic E-state index is -5.08. The quantitative estimate of drug-likeness (QED) is 0.178. The number of hydrogen-bond acceptors (Lipinski definition) is 11. The molecule has 2 aliphatic rings. The third-order valence-electron chi connectivity index (χ3n) is 7.34. The van der Waals surface area contributed by atoms with E-state index >= 15 is 0 Å². The molecule has 2 aromatic carbocycles. The van der Waals surface area contributed by atoms with Gasteiger partial charge < -0.3 is 30.5 Å². The van der Waals surface area contributed by atoms with Crippen LogP contribution in [0.1, 0.15) is 5.56 Å². The molecule has 0 atom stereocenters. The van der Waals surface area contributed by atoms with E-state index in [4.69, 9.17) is 36.1 Å². The standard InChI is InChI=1S/C28H28ClN7O3S.2C2HF3O2/c1-40(37,38)36-10-8-35(9-11-36)26-16-20(5-7-30-26)21-13-19-6-12-39-24-4-2-3-22(17-24)32-27-25(29)18-31-28(34-27)33-23(14-19)15-21;2*3-2(4,5)1(6)7/h2-5,7,13-18H,6,8-12H2,1H3,(H2,31,32,33,34);2*(H,6,7). The molecule has 2 aliphatic heterocycles. The van der Waals surface area contributed by atoms with Gasteiger partial charge in [0.25, 0.3) is 0 Å². The Kier molecular flexibility index (Phi) is 13.1. The molecule has 1 fully saturated rings. The van der Waals surface area contributed by atoms with Gasteiger partial charge >= 0.3 is 24.3 Å². The van der Waals surface area contributed by atoms with Crippen LogP contribution in [0.5, 0.6) is 5.75 Å². The van der Waals surface area contributed by atoms with Crippen molar-refractivity contribution in [1.29, 1.82) is 0 Å². The largest absolute Gasteiger partial charge is 0.493 e. The summed E-state index contributed by atoms with van der Waals surface area (Å²) in [6.45, 7) is 2.55. The number of benzene rings is 2. The molecule has 54 heavy (non-hydrogen) atoms. The zero-order chi connectivity index (χ0) is 39.8. The van der Waals surface area contributed by atoms with Crippen molar-refractivity contribution in [2.45, 2.75) is 18.8 Å².